The third-order valence-electron chi connectivity index (χ3n) is 2.92. The molecular formula is C16H11ClN2O3. The van der Waals surface area contributed by atoms with Gasteiger partial charge in [-0.25, -0.2) is 0 Å². The molecule has 22 heavy (non-hydrogen) atoms. The normalized spacial score (nSPS) is 10.4. The third-order valence-corrected chi connectivity index (χ3v) is 3.17. The maximum absolute atomic E-state index is 10.7. The molecular weight excluding hydrogens is 304 g/mol. The van der Waals surface area contributed by atoms with E-state index in [-0.39, 0.29) is 6.61 Å². The van der Waals surface area contributed by atoms with E-state index in [0.717, 1.165) is 11.8 Å². The highest BCUT2D eigenvalue weighted by Gasteiger charge is 2.09. The van der Waals surface area contributed by atoms with Gasteiger partial charge in [-0.3, -0.25) is 4.79 Å². The Balaban J connectivity index is 1.69. The van der Waals surface area contributed by atoms with Gasteiger partial charge in [-0.2, -0.15) is 4.98 Å². The van der Waals surface area contributed by atoms with E-state index in [1.54, 1.807) is 48.5 Å². The summed E-state index contributed by atoms with van der Waals surface area (Å²) in [6.45, 7) is 0.152. The van der Waals surface area contributed by atoms with Crippen LogP contribution in [0, 0.1) is 0 Å². The summed E-state index contributed by atoms with van der Waals surface area (Å²) in [6, 6.07) is 14.0. The fourth-order valence-corrected chi connectivity index (χ4v) is 1.97. The Morgan fingerprint density at radius 2 is 2.00 bits per heavy atom. The predicted octanol–water partition coefficient (Wildman–Crippen LogP) is 3.78. The summed E-state index contributed by atoms with van der Waals surface area (Å²) in [4.78, 5) is 15.0. The van der Waals surface area contributed by atoms with E-state index < -0.39 is 0 Å². The van der Waals surface area contributed by atoms with E-state index in [9.17, 15) is 4.79 Å². The minimum atomic E-state index is 0.152. The molecule has 3 rings (SSSR count). The van der Waals surface area contributed by atoms with Gasteiger partial charge in [-0.1, -0.05) is 28.9 Å². The van der Waals surface area contributed by atoms with Crippen LogP contribution in [0.25, 0.3) is 11.5 Å². The van der Waals surface area contributed by atoms with Crippen molar-refractivity contribution in [3.63, 3.8) is 0 Å². The van der Waals surface area contributed by atoms with Crippen LogP contribution < -0.4 is 4.74 Å². The third kappa shape index (κ3) is 3.32. The van der Waals surface area contributed by atoms with Crippen LogP contribution in [0.4, 0.5) is 0 Å². The number of rotatable bonds is 5. The van der Waals surface area contributed by atoms with Crippen molar-refractivity contribution in [1.29, 1.82) is 0 Å². The fourth-order valence-electron chi connectivity index (χ4n) is 1.85. The van der Waals surface area contributed by atoms with Gasteiger partial charge in [-0.15, -0.1) is 0 Å². The summed E-state index contributed by atoms with van der Waals surface area (Å²) in [5.41, 5.74) is 1.33. The first kappa shape index (κ1) is 14.3. The molecule has 0 fully saturated rings. The molecule has 0 unspecified atom stereocenters. The maximum Gasteiger partial charge on any atom is 0.258 e. The van der Waals surface area contributed by atoms with Gasteiger partial charge in [0.25, 0.3) is 5.89 Å². The molecule has 0 amide bonds. The number of nitrogens with zero attached hydrogens (tertiary/aromatic N) is 2. The average molecular weight is 315 g/mol. The number of ether oxygens (including phenoxy) is 1. The second-order valence-electron chi connectivity index (χ2n) is 4.50. The number of hydrogen-bond donors (Lipinski definition) is 0. The van der Waals surface area contributed by atoms with E-state index in [1.165, 1.54) is 0 Å². The van der Waals surface area contributed by atoms with Gasteiger partial charge in [0.1, 0.15) is 12.0 Å². The molecule has 0 saturated heterocycles. The number of halogens is 1. The van der Waals surface area contributed by atoms with Crippen molar-refractivity contribution in [2.75, 3.05) is 0 Å². The Morgan fingerprint density at radius 1 is 1.18 bits per heavy atom. The van der Waals surface area contributed by atoms with Gasteiger partial charge < -0.3 is 9.26 Å². The van der Waals surface area contributed by atoms with E-state index >= 15 is 0 Å². The minimum absolute atomic E-state index is 0.152. The highest BCUT2D eigenvalue weighted by Crippen LogP contribution is 2.20. The Labute approximate surface area is 131 Å². The van der Waals surface area contributed by atoms with E-state index in [4.69, 9.17) is 20.9 Å². The number of aromatic nitrogens is 2. The Kier molecular flexibility index (Phi) is 4.16. The molecule has 0 bridgehead atoms. The van der Waals surface area contributed by atoms with Crippen LogP contribution in [-0.4, -0.2) is 16.4 Å². The molecule has 0 atom stereocenters. The van der Waals surface area contributed by atoms with Gasteiger partial charge in [0.2, 0.25) is 5.82 Å². The molecule has 0 N–H and O–H groups in total. The van der Waals surface area contributed by atoms with E-state index in [0.29, 0.717) is 28.1 Å². The fraction of sp³-hybridized carbons (Fsp3) is 0.0625. The first-order valence-corrected chi connectivity index (χ1v) is 6.89. The molecule has 3 aromatic rings. The van der Waals surface area contributed by atoms with Crippen LogP contribution in [0.5, 0.6) is 5.75 Å². The lowest BCUT2D eigenvalue weighted by molar-refractivity contribution is 0.112. The Hall–Kier alpha value is -2.66. The zero-order chi connectivity index (χ0) is 15.4. The molecule has 0 aliphatic heterocycles. The van der Waals surface area contributed by atoms with Crippen LogP contribution in [0.3, 0.4) is 0 Å². The van der Waals surface area contributed by atoms with Crippen molar-refractivity contribution in [3.8, 4) is 17.2 Å². The number of aldehydes is 1. The summed E-state index contributed by atoms with van der Waals surface area (Å²) in [7, 11) is 0. The molecule has 2 aromatic carbocycles. The molecule has 6 heteroatoms. The highest BCUT2D eigenvalue weighted by atomic mass is 35.5. The van der Waals surface area contributed by atoms with Crippen molar-refractivity contribution in [1.82, 2.24) is 10.1 Å². The van der Waals surface area contributed by atoms with Crippen molar-refractivity contribution in [2.45, 2.75) is 6.61 Å². The lowest BCUT2D eigenvalue weighted by atomic mass is 10.2. The molecule has 0 radical (unpaired) electrons. The molecule has 0 aliphatic rings. The van der Waals surface area contributed by atoms with Crippen LogP contribution in [0.15, 0.2) is 53.1 Å². The standard InChI is InChI=1S/C16H11ClN2O3/c17-13-6-4-12(5-7-13)16-18-15(19-22-16)10-21-14-3-1-2-11(8-14)9-20/h1-9H,10H2. The summed E-state index contributed by atoms with van der Waals surface area (Å²) < 4.78 is 10.7. The average Bonchev–Trinajstić information content (AvgIpc) is 3.03. The van der Waals surface area contributed by atoms with Crippen molar-refractivity contribution < 1.29 is 14.1 Å². The SMILES string of the molecule is O=Cc1cccc(OCc2noc(-c3ccc(Cl)cc3)n2)c1. The summed E-state index contributed by atoms with van der Waals surface area (Å²) in [6.07, 6.45) is 0.764. The van der Waals surface area contributed by atoms with E-state index in [2.05, 4.69) is 10.1 Å². The number of carbonyl (C=O) groups excluding carboxylic acids is 1. The highest BCUT2D eigenvalue weighted by molar-refractivity contribution is 6.30. The minimum Gasteiger partial charge on any atom is -0.485 e. The lowest BCUT2D eigenvalue weighted by Gasteiger charge is -2.02. The molecule has 1 heterocycles. The van der Waals surface area contributed by atoms with Crippen molar-refractivity contribution in [3.05, 3.63) is 64.9 Å². The van der Waals surface area contributed by atoms with Crippen LogP contribution in [0.1, 0.15) is 16.2 Å². The first-order chi connectivity index (χ1) is 10.7. The Morgan fingerprint density at radius 3 is 2.77 bits per heavy atom. The van der Waals surface area contributed by atoms with Gasteiger partial charge in [0.15, 0.2) is 6.61 Å². The Bertz CT molecular complexity index is 784. The van der Waals surface area contributed by atoms with Gasteiger partial charge in [0.05, 0.1) is 0 Å². The molecule has 1 aromatic heterocycles. The second-order valence-corrected chi connectivity index (χ2v) is 4.94. The smallest absolute Gasteiger partial charge is 0.258 e. The van der Waals surface area contributed by atoms with E-state index in [1.807, 2.05) is 0 Å². The summed E-state index contributed by atoms with van der Waals surface area (Å²) in [5.74, 6) is 1.39. The second kappa shape index (κ2) is 6.41. The zero-order valence-electron chi connectivity index (χ0n) is 11.4. The topological polar surface area (TPSA) is 65.2 Å². The van der Waals surface area contributed by atoms with Gasteiger partial charge in [0, 0.05) is 16.1 Å². The van der Waals surface area contributed by atoms with Gasteiger partial charge >= 0.3 is 0 Å². The molecule has 110 valence electrons. The number of benzene rings is 2. The first-order valence-electron chi connectivity index (χ1n) is 6.51. The van der Waals surface area contributed by atoms with Crippen molar-refractivity contribution in [2.24, 2.45) is 0 Å². The summed E-state index contributed by atoms with van der Waals surface area (Å²) >= 11 is 5.84. The van der Waals surface area contributed by atoms with Crippen molar-refractivity contribution >= 4 is 17.9 Å². The molecule has 0 spiro atoms. The van der Waals surface area contributed by atoms with Gasteiger partial charge in [-0.05, 0) is 36.4 Å². The molecule has 0 aliphatic carbocycles. The lowest BCUT2D eigenvalue weighted by Crippen LogP contribution is -1.98. The van der Waals surface area contributed by atoms with Crippen LogP contribution in [0.2, 0.25) is 5.02 Å². The summed E-state index contributed by atoms with van der Waals surface area (Å²) in [5, 5.41) is 4.50. The largest absolute Gasteiger partial charge is 0.485 e. The van der Waals surface area contributed by atoms with Crippen LogP contribution >= 0.6 is 11.6 Å². The molecule has 5 nitrogen and oxygen atoms in total. The monoisotopic (exact) mass is 314 g/mol. The maximum atomic E-state index is 10.7. The molecule has 0 saturated carbocycles. The number of hydrogen-bond acceptors (Lipinski definition) is 5. The van der Waals surface area contributed by atoms with Crippen LogP contribution in [-0.2, 0) is 6.61 Å². The quantitative estimate of drug-likeness (QED) is 0.670. The predicted molar refractivity (Wildman–Crippen MR) is 80.9 cm³/mol. The zero-order valence-corrected chi connectivity index (χ0v) is 12.2. The number of carbonyl (C=O) groups is 1.